The second-order valence-electron chi connectivity index (χ2n) is 6.40. The Morgan fingerprint density at radius 1 is 1.04 bits per heavy atom. The number of carbonyl (C=O) groups excluding carboxylic acids is 2. The third-order valence-corrected chi connectivity index (χ3v) is 4.02. The molecule has 4 heteroatoms. The van der Waals surface area contributed by atoms with Crippen molar-refractivity contribution in [3.05, 3.63) is 29.8 Å². The summed E-state index contributed by atoms with van der Waals surface area (Å²) < 4.78 is 10.8. The van der Waals surface area contributed by atoms with E-state index in [1.54, 1.807) is 24.3 Å². The van der Waals surface area contributed by atoms with Gasteiger partial charge in [-0.25, -0.2) is 4.79 Å². The van der Waals surface area contributed by atoms with E-state index in [1.165, 1.54) is 0 Å². The van der Waals surface area contributed by atoms with Crippen LogP contribution in [0.25, 0.3) is 0 Å². The number of ether oxygens (including phenoxy) is 2. The number of hydrogen-bond acceptors (Lipinski definition) is 4. The molecular formula is C20H30O4. The summed E-state index contributed by atoms with van der Waals surface area (Å²) in [4.78, 5) is 24.7. The summed E-state index contributed by atoms with van der Waals surface area (Å²) in [6.07, 6.45) is 4.60. The van der Waals surface area contributed by atoms with Gasteiger partial charge in [-0.05, 0) is 30.9 Å². The van der Waals surface area contributed by atoms with E-state index in [9.17, 15) is 9.59 Å². The molecule has 1 rings (SSSR count). The van der Waals surface area contributed by atoms with Crippen molar-refractivity contribution in [2.45, 2.75) is 59.8 Å². The van der Waals surface area contributed by atoms with Crippen LogP contribution in [-0.4, -0.2) is 18.5 Å². The van der Waals surface area contributed by atoms with Gasteiger partial charge in [0, 0.05) is 0 Å². The highest BCUT2D eigenvalue weighted by molar-refractivity contribution is 5.93. The lowest BCUT2D eigenvalue weighted by Gasteiger charge is -2.19. The smallest absolute Gasteiger partial charge is 0.341 e. The van der Waals surface area contributed by atoms with Gasteiger partial charge in [-0.15, -0.1) is 0 Å². The van der Waals surface area contributed by atoms with Crippen LogP contribution in [0.2, 0.25) is 0 Å². The highest BCUT2D eigenvalue weighted by Crippen LogP contribution is 2.24. The molecule has 0 fully saturated rings. The normalized spacial score (nSPS) is 12.0. The van der Waals surface area contributed by atoms with Crippen LogP contribution < -0.4 is 4.74 Å². The van der Waals surface area contributed by atoms with E-state index in [1.807, 2.05) is 20.8 Å². The van der Waals surface area contributed by atoms with Crippen LogP contribution in [0.5, 0.6) is 5.75 Å². The van der Waals surface area contributed by atoms with Crippen LogP contribution in [0.4, 0.5) is 0 Å². The molecule has 0 saturated heterocycles. The molecule has 0 aliphatic heterocycles. The maximum Gasteiger partial charge on any atom is 0.341 e. The summed E-state index contributed by atoms with van der Waals surface area (Å²) in [7, 11) is 0. The average molecular weight is 334 g/mol. The number of hydrogen-bond donors (Lipinski definition) is 0. The summed E-state index contributed by atoms with van der Waals surface area (Å²) in [6, 6.07) is 6.77. The zero-order valence-corrected chi connectivity index (χ0v) is 15.3. The Morgan fingerprint density at radius 3 is 2.33 bits per heavy atom. The lowest BCUT2D eigenvalue weighted by atomic mass is 9.91. The second-order valence-corrected chi connectivity index (χ2v) is 6.40. The monoisotopic (exact) mass is 334 g/mol. The van der Waals surface area contributed by atoms with E-state index in [-0.39, 0.29) is 23.6 Å². The molecule has 0 N–H and O–H groups in total. The first kappa shape index (κ1) is 20.2. The lowest BCUT2D eigenvalue weighted by molar-refractivity contribution is -0.140. The quantitative estimate of drug-likeness (QED) is 0.343. The van der Waals surface area contributed by atoms with Crippen LogP contribution in [-0.2, 0) is 9.53 Å². The number of rotatable bonds is 10. The largest absolute Gasteiger partial charge is 0.462 e. The number of para-hydroxylation sites is 1. The fraction of sp³-hybridized carbons (Fsp3) is 0.600. The van der Waals surface area contributed by atoms with Crippen molar-refractivity contribution in [2.24, 2.45) is 11.8 Å². The van der Waals surface area contributed by atoms with Gasteiger partial charge in [0.05, 0.1) is 12.5 Å². The first-order chi connectivity index (χ1) is 11.5. The molecule has 0 spiro atoms. The summed E-state index contributed by atoms with van der Waals surface area (Å²) in [5.41, 5.74) is 0.306. The third kappa shape index (κ3) is 6.34. The summed E-state index contributed by atoms with van der Waals surface area (Å²) in [6.45, 7) is 8.55. The third-order valence-electron chi connectivity index (χ3n) is 4.02. The summed E-state index contributed by atoms with van der Waals surface area (Å²) in [5, 5.41) is 0. The van der Waals surface area contributed by atoms with Crippen molar-refractivity contribution in [3.8, 4) is 5.75 Å². The molecule has 0 bridgehead atoms. The molecule has 0 saturated carbocycles. The van der Waals surface area contributed by atoms with Gasteiger partial charge in [-0.2, -0.15) is 0 Å². The molecule has 0 aliphatic carbocycles. The second kappa shape index (κ2) is 10.8. The molecule has 4 nitrogen and oxygen atoms in total. The van der Waals surface area contributed by atoms with Crippen LogP contribution in [0.1, 0.15) is 70.2 Å². The molecule has 1 aromatic carbocycles. The highest BCUT2D eigenvalue weighted by atomic mass is 16.5. The van der Waals surface area contributed by atoms with Gasteiger partial charge in [-0.3, -0.25) is 4.79 Å². The van der Waals surface area contributed by atoms with Gasteiger partial charge in [0.25, 0.3) is 0 Å². The minimum atomic E-state index is -0.443. The van der Waals surface area contributed by atoms with Crippen molar-refractivity contribution in [1.29, 1.82) is 0 Å². The summed E-state index contributed by atoms with van der Waals surface area (Å²) in [5.74, 6) is -0.387. The minimum absolute atomic E-state index is 0.158. The molecule has 1 aromatic rings. The molecule has 0 amide bonds. The number of carbonyl (C=O) groups is 2. The minimum Gasteiger partial charge on any atom is -0.462 e. The van der Waals surface area contributed by atoms with Crippen molar-refractivity contribution in [1.82, 2.24) is 0 Å². The first-order valence-electron chi connectivity index (χ1n) is 8.99. The standard InChI is InChI=1S/C20H30O4/c1-5-7-11-16(15(3)4)20(22)24-18-13-10-9-12-17(18)19(21)23-14-8-6-2/h9-10,12-13,15-16H,5-8,11,14H2,1-4H3. The van der Waals surface area contributed by atoms with Gasteiger partial charge in [0.15, 0.2) is 0 Å². The van der Waals surface area contributed by atoms with Crippen LogP contribution in [0, 0.1) is 11.8 Å². The predicted octanol–water partition coefficient (Wildman–Crippen LogP) is 5.01. The highest BCUT2D eigenvalue weighted by Gasteiger charge is 2.25. The predicted molar refractivity (Wildman–Crippen MR) is 95.1 cm³/mol. The van der Waals surface area contributed by atoms with E-state index in [0.717, 1.165) is 32.1 Å². The maximum absolute atomic E-state index is 12.5. The first-order valence-corrected chi connectivity index (χ1v) is 8.99. The topological polar surface area (TPSA) is 52.6 Å². The van der Waals surface area contributed by atoms with E-state index < -0.39 is 5.97 Å². The van der Waals surface area contributed by atoms with Gasteiger partial charge < -0.3 is 9.47 Å². The Morgan fingerprint density at radius 2 is 1.71 bits per heavy atom. The van der Waals surface area contributed by atoms with E-state index in [2.05, 4.69) is 6.92 Å². The van der Waals surface area contributed by atoms with Crippen molar-refractivity contribution in [2.75, 3.05) is 6.61 Å². The lowest BCUT2D eigenvalue weighted by Crippen LogP contribution is -2.26. The Hall–Kier alpha value is -1.84. The Balaban J connectivity index is 2.82. The molecule has 0 heterocycles. The van der Waals surface area contributed by atoms with E-state index in [4.69, 9.17) is 9.47 Å². The molecular weight excluding hydrogens is 304 g/mol. The van der Waals surface area contributed by atoms with Crippen LogP contribution >= 0.6 is 0 Å². The molecule has 0 aromatic heterocycles. The van der Waals surface area contributed by atoms with Gasteiger partial charge in [0.1, 0.15) is 11.3 Å². The Labute approximate surface area is 145 Å². The molecule has 0 aliphatic rings. The Kier molecular flexibility index (Phi) is 9.13. The van der Waals surface area contributed by atoms with Crippen molar-refractivity contribution in [3.63, 3.8) is 0 Å². The van der Waals surface area contributed by atoms with E-state index in [0.29, 0.717) is 12.2 Å². The number of esters is 2. The molecule has 24 heavy (non-hydrogen) atoms. The van der Waals surface area contributed by atoms with Crippen molar-refractivity contribution >= 4 is 11.9 Å². The maximum atomic E-state index is 12.5. The summed E-state index contributed by atoms with van der Waals surface area (Å²) >= 11 is 0. The van der Waals surface area contributed by atoms with Gasteiger partial charge in [-0.1, -0.05) is 59.1 Å². The van der Waals surface area contributed by atoms with Crippen LogP contribution in [0.15, 0.2) is 24.3 Å². The zero-order valence-electron chi connectivity index (χ0n) is 15.3. The SMILES string of the molecule is CCCCOC(=O)c1ccccc1OC(=O)C(CCCC)C(C)C. The Bertz CT molecular complexity index is 522. The fourth-order valence-electron chi connectivity index (χ4n) is 2.44. The van der Waals surface area contributed by atoms with Gasteiger partial charge in [0.2, 0.25) is 0 Å². The fourth-order valence-corrected chi connectivity index (χ4v) is 2.44. The van der Waals surface area contributed by atoms with Crippen molar-refractivity contribution < 1.29 is 19.1 Å². The molecule has 1 atom stereocenters. The molecule has 1 unspecified atom stereocenters. The number of benzene rings is 1. The van der Waals surface area contributed by atoms with Crippen LogP contribution in [0.3, 0.4) is 0 Å². The van der Waals surface area contributed by atoms with E-state index >= 15 is 0 Å². The molecule has 0 radical (unpaired) electrons. The van der Waals surface area contributed by atoms with Gasteiger partial charge >= 0.3 is 11.9 Å². The average Bonchev–Trinajstić information content (AvgIpc) is 2.55. The number of unbranched alkanes of at least 4 members (excludes halogenated alkanes) is 2. The molecule has 134 valence electrons. The zero-order chi connectivity index (χ0) is 17.9.